The molecule has 4 aliphatic carbocycles. The highest BCUT2D eigenvalue weighted by atomic mass is 16.6. The van der Waals surface area contributed by atoms with Gasteiger partial charge in [0.25, 0.3) is 0 Å². The van der Waals surface area contributed by atoms with E-state index < -0.39 is 40.7 Å². The third-order valence-corrected chi connectivity index (χ3v) is 8.85. The first-order valence-electron chi connectivity index (χ1n) is 10.0. The molecule has 7 nitrogen and oxygen atoms in total. The lowest BCUT2D eigenvalue weighted by Crippen LogP contribution is -2.85. The number of aromatic nitrogens is 1. The van der Waals surface area contributed by atoms with Gasteiger partial charge in [-0.25, -0.2) is 0 Å². The zero-order valence-electron chi connectivity index (χ0n) is 16.0. The molecule has 0 amide bonds. The van der Waals surface area contributed by atoms with Crippen LogP contribution in [0.25, 0.3) is 0 Å². The average molecular weight is 387 g/mol. The number of fused-ring (bicyclic) bond motifs is 3. The van der Waals surface area contributed by atoms with E-state index in [0.29, 0.717) is 30.6 Å². The molecule has 8 atom stereocenters. The smallest absolute Gasteiger partial charge is 0.208 e. The van der Waals surface area contributed by atoms with Gasteiger partial charge in [-0.1, -0.05) is 25.6 Å². The maximum Gasteiger partial charge on any atom is 0.208 e. The summed E-state index contributed by atoms with van der Waals surface area (Å²) in [6.45, 7) is 8.17. The summed E-state index contributed by atoms with van der Waals surface area (Å²) in [5, 5.41) is 38.5. The first kappa shape index (κ1) is 17.3. The number of Topliss-reactive ketones (excluding diaryl/α,β-unsaturated/α-hetero) is 1. The zero-order chi connectivity index (χ0) is 19.9. The van der Waals surface area contributed by atoms with E-state index in [0.717, 1.165) is 5.56 Å². The van der Waals surface area contributed by atoms with Gasteiger partial charge in [0.05, 0.1) is 24.3 Å². The van der Waals surface area contributed by atoms with Crippen LogP contribution in [0.4, 0.5) is 0 Å². The van der Waals surface area contributed by atoms with Gasteiger partial charge in [0.15, 0.2) is 5.78 Å². The normalized spacial score (nSPS) is 53.0. The Morgan fingerprint density at radius 3 is 2.75 bits per heavy atom. The van der Waals surface area contributed by atoms with Crippen LogP contribution in [0.5, 0.6) is 0 Å². The number of aliphatic hydroxyl groups excluding tert-OH is 2. The Morgan fingerprint density at radius 1 is 1.25 bits per heavy atom. The summed E-state index contributed by atoms with van der Waals surface area (Å²) in [5.74, 6) is -3.11. The molecule has 4 bridgehead atoms. The highest BCUT2D eigenvalue weighted by molar-refractivity contribution is 6.05. The topological polar surface area (TPSA) is 113 Å². The number of hydrogen-bond donors (Lipinski definition) is 3. The molecule has 5 fully saturated rings. The van der Waals surface area contributed by atoms with Gasteiger partial charge in [-0.3, -0.25) is 4.79 Å². The molecule has 1 aromatic rings. The predicted molar refractivity (Wildman–Crippen MR) is 94.9 cm³/mol. The first-order valence-corrected chi connectivity index (χ1v) is 10.0. The number of ketones is 1. The second kappa shape index (κ2) is 4.61. The van der Waals surface area contributed by atoms with E-state index in [1.807, 2.05) is 0 Å². The molecule has 0 aromatic carbocycles. The number of aliphatic hydroxyl groups is 3. The van der Waals surface area contributed by atoms with Crippen LogP contribution in [-0.4, -0.2) is 50.9 Å². The monoisotopic (exact) mass is 387 g/mol. The molecular weight excluding hydrogens is 362 g/mol. The van der Waals surface area contributed by atoms with Gasteiger partial charge >= 0.3 is 0 Å². The Morgan fingerprint density at radius 2 is 2.00 bits per heavy atom. The number of nitrogens with zero attached hydrogens (tertiary/aromatic N) is 1. The number of carbonyl (C=O) groups excluding carboxylic acids is 1. The van der Waals surface area contributed by atoms with Crippen LogP contribution < -0.4 is 0 Å². The van der Waals surface area contributed by atoms with Crippen molar-refractivity contribution in [3.63, 3.8) is 0 Å². The molecule has 3 saturated carbocycles. The highest BCUT2D eigenvalue weighted by Crippen LogP contribution is 2.75. The molecule has 28 heavy (non-hydrogen) atoms. The third kappa shape index (κ3) is 1.39. The van der Waals surface area contributed by atoms with Crippen molar-refractivity contribution in [2.45, 2.75) is 56.5 Å². The van der Waals surface area contributed by atoms with Crippen LogP contribution in [0.1, 0.15) is 38.0 Å². The Hall–Kier alpha value is -1.54. The standard InChI is InChI=1S/C21H25NO6/c1-9-11-4-5-12-19-8-27-21(26,20(12,14(9)23)15(11)24)16(25)13(19)18(2,3)6-10-7-22-28-17(10)19/h7,11-13,15-16,24-26H,1,4-6,8H2,2-3H3/t11-,12-,13+,15+,16-,19-,20-,21+/m0/s1. The van der Waals surface area contributed by atoms with Crippen molar-refractivity contribution in [2.24, 2.45) is 28.6 Å². The van der Waals surface area contributed by atoms with E-state index in [2.05, 4.69) is 25.6 Å². The molecule has 3 heterocycles. The molecule has 2 aliphatic heterocycles. The maximum absolute atomic E-state index is 13.5. The number of ether oxygens (including phenoxy) is 1. The Balaban J connectivity index is 1.71. The minimum atomic E-state index is -2.15. The van der Waals surface area contributed by atoms with Crippen LogP contribution in [0.2, 0.25) is 0 Å². The SMILES string of the molecule is C=C1C(=O)[C@]23[C@H](O)[C@H]1CC[C@H]2[C@@]12CO[C@]3(O)[C@@H](O)[C@@H]1C(C)(C)Cc1cnoc12. The summed E-state index contributed by atoms with van der Waals surface area (Å²) in [5.41, 5.74) is -1.56. The van der Waals surface area contributed by atoms with Crippen molar-refractivity contribution >= 4 is 5.78 Å². The fraction of sp³-hybridized carbons (Fsp3) is 0.714. The van der Waals surface area contributed by atoms with Crippen molar-refractivity contribution < 1.29 is 29.4 Å². The Labute approximate surface area is 162 Å². The van der Waals surface area contributed by atoms with Crippen molar-refractivity contribution in [1.29, 1.82) is 0 Å². The molecule has 7 rings (SSSR count). The molecule has 0 radical (unpaired) electrons. The molecule has 1 aromatic heterocycles. The predicted octanol–water partition coefficient (Wildman–Crippen LogP) is 0.717. The molecule has 3 N–H and O–H groups in total. The van der Waals surface area contributed by atoms with Gasteiger partial charge in [0.2, 0.25) is 5.79 Å². The summed E-state index contributed by atoms with van der Waals surface area (Å²) in [7, 11) is 0. The molecule has 2 saturated heterocycles. The summed E-state index contributed by atoms with van der Waals surface area (Å²) in [6.07, 6.45) is 1.11. The van der Waals surface area contributed by atoms with Crippen LogP contribution >= 0.6 is 0 Å². The highest BCUT2D eigenvalue weighted by Gasteiger charge is 2.87. The minimum Gasteiger partial charge on any atom is -0.391 e. The van der Waals surface area contributed by atoms with Gasteiger partial charge in [0, 0.05) is 17.4 Å². The molecule has 2 spiro atoms. The lowest BCUT2D eigenvalue weighted by molar-refractivity contribution is -0.431. The first-order chi connectivity index (χ1) is 13.1. The number of hydrogen-bond acceptors (Lipinski definition) is 7. The van der Waals surface area contributed by atoms with Crippen LogP contribution in [0, 0.1) is 28.6 Å². The molecule has 0 unspecified atom stereocenters. The molecule has 150 valence electrons. The third-order valence-electron chi connectivity index (χ3n) is 8.85. The number of carbonyl (C=O) groups is 1. The fourth-order valence-electron chi connectivity index (χ4n) is 8.09. The molecule has 6 aliphatic rings. The molecular formula is C21H25NO6. The zero-order valence-corrected chi connectivity index (χ0v) is 16.0. The average Bonchev–Trinajstić information content (AvgIpc) is 3.12. The van der Waals surface area contributed by atoms with Crippen molar-refractivity contribution in [1.82, 2.24) is 5.16 Å². The van der Waals surface area contributed by atoms with Gasteiger partial charge < -0.3 is 24.6 Å². The Bertz CT molecular complexity index is 937. The van der Waals surface area contributed by atoms with E-state index in [1.165, 1.54) is 0 Å². The van der Waals surface area contributed by atoms with E-state index in [4.69, 9.17) is 9.26 Å². The second-order valence-electron chi connectivity index (χ2n) is 10.2. The summed E-state index contributed by atoms with van der Waals surface area (Å²) < 4.78 is 11.7. The van der Waals surface area contributed by atoms with Crippen molar-refractivity contribution in [3.8, 4) is 0 Å². The second-order valence-corrected chi connectivity index (χ2v) is 10.2. The lowest BCUT2D eigenvalue weighted by Gasteiger charge is -2.72. The summed E-state index contributed by atoms with van der Waals surface area (Å²) in [4.78, 5) is 13.5. The number of rotatable bonds is 0. The van der Waals surface area contributed by atoms with E-state index in [9.17, 15) is 20.1 Å². The molecule has 7 heteroatoms. The van der Waals surface area contributed by atoms with Crippen molar-refractivity contribution in [3.05, 3.63) is 29.7 Å². The summed E-state index contributed by atoms with van der Waals surface area (Å²) in [6, 6.07) is 0. The van der Waals surface area contributed by atoms with Crippen LogP contribution in [0.15, 0.2) is 22.9 Å². The van der Waals surface area contributed by atoms with E-state index in [-0.39, 0.29) is 23.7 Å². The van der Waals surface area contributed by atoms with E-state index in [1.54, 1.807) is 6.20 Å². The van der Waals surface area contributed by atoms with Gasteiger partial charge in [0.1, 0.15) is 17.3 Å². The Kier molecular flexibility index (Phi) is 2.86. The maximum atomic E-state index is 13.5. The lowest BCUT2D eigenvalue weighted by atomic mass is 9.36. The van der Waals surface area contributed by atoms with Crippen LogP contribution in [-0.2, 0) is 21.4 Å². The quantitative estimate of drug-likeness (QED) is 0.562. The minimum absolute atomic E-state index is 0.125. The summed E-state index contributed by atoms with van der Waals surface area (Å²) >= 11 is 0. The van der Waals surface area contributed by atoms with Gasteiger partial charge in [-0.05, 0) is 36.2 Å². The van der Waals surface area contributed by atoms with Crippen LogP contribution in [0.3, 0.4) is 0 Å². The largest absolute Gasteiger partial charge is 0.391 e. The van der Waals surface area contributed by atoms with Gasteiger partial charge in [-0.2, -0.15) is 0 Å². The van der Waals surface area contributed by atoms with E-state index >= 15 is 0 Å². The fourth-order valence-corrected chi connectivity index (χ4v) is 8.09. The van der Waals surface area contributed by atoms with Crippen molar-refractivity contribution in [2.75, 3.05) is 6.61 Å². The van der Waals surface area contributed by atoms with Gasteiger partial charge in [-0.15, -0.1) is 0 Å².